The summed E-state index contributed by atoms with van der Waals surface area (Å²) < 4.78 is 0. The van der Waals surface area contributed by atoms with E-state index in [0.29, 0.717) is 6.54 Å². The zero-order valence-electron chi connectivity index (χ0n) is 9.40. The van der Waals surface area contributed by atoms with Gasteiger partial charge in [-0.1, -0.05) is 48.0 Å². The third-order valence-corrected chi connectivity index (χ3v) is 2.75. The van der Waals surface area contributed by atoms with Crippen molar-refractivity contribution in [3.05, 3.63) is 59.1 Å². The summed E-state index contributed by atoms with van der Waals surface area (Å²) in [5.74, 6) is 0. The van der Waals surface area contributed by atoms with E-state index < -0.39 is 0 Å². The quantitative estimate of drug-likeness (QED) is 0.896. The molecular weight excluding hydrogens is 253 g/mol. The van der Waals surface area contributed by atoms with Gasteiger partial charge >= 0.3 is 0 Å². The van der Waals surface area contributed by atoms with Crippen molar-refractivity contribution in [2.45, 2.75) is 6.42 Å². The van der Waals surface area contributed by atoms with Gasteiger partial charge in [-0.25, -0.2) is 0 Å². The molecule has 2 rings (SSSR count). The van der Waals surface area contributed by atoms with Crippen molar-refractivity contribution in [3.8, 4) is 11.1 Å². The molecule has 0 amide bonds. The summed E-state index contributed by atoms with van der Waals surface area (Å²) in [6, 6.07) is 16.3. The van der Waals surface area contributed by atoms with Crippen molar-refractivity contribution < 1.29 is 0 Å². The van der Waals surface area contributed by atoms with Crippen molar-refractivity contribution in [3.63, 3.8) is 0 Å². The van der Waals surface area contributed by atoms with Crippen molar-refractivity contribution >= 4 is 24.0 Å². The highest BCUT2D eigenvalue weighted by atomic mass is 35.5. The summed E-state index contributed by atoms with van der Waals surface area (Å²) in [5, 5.41) is 0.765. The van der Waals surface area contributed by atoms with Gasteiger partial charge < -0.3 is 5.73 Å². The molecule has 0 atom stereocenters. The molecule has 0 aliphatic carbocycles. The third-order valence-electron chi connectivity index (χ3n) is 2.52. The Bertz CT molecular complexity index is 483. The molecular formula is C14H15Cl2N. The minimum Gasteiger partial charge on any atom is -0.330 e. The first-order valence-corrected chi connectivity index (χ1v) is 5.72. The van der Waals surface area contributed by atoms with Gasteiger partial charge in [-0.05, 0) is 41.8 Å². The lowest BCUT2D eigenvalue weighted by Crippen LogP contribution is -2.02. The highest BCUT2D eigenvalue weighted by molar-refractivity contribution is 6.30. The van der Waals surface area contributed by atoms with Crippen molar-refractivity contribution in [1.82, 2.24) is 0 Å². The second-order valence-electron chi connectivity index (χ2n) is 3.75. The van der Waals surface area contributed by atoms with Gasteiger partial charge in [-0.15, -0.1) is 12.4 Å². The monoisotopic (exact) mass is 267 g/mol. The molecule has 0 aromatic heterocycles. The van der Waals surface area contributed by atoms with Gasteiger partial charge in [0.1, 0.15) is 0 Å². The van der Waals surface area contributed by atoms with Crippen LogP contribution >= 0.6 is 24.0 Å². The number of rotatable bonds is 3. The highest BCUT2D eigenvalue weighted by Gasteiger charge is 1.99. The Morgan fingerprint density at radius 2 is 1.59 bits per heavy atom. The van der Waals surface area contributed by atoms with Gasteiger partial charge in [0.05, 0.1) is 0 Å². The topological polar surface area (TPSA) is 26.0 Å². The average Bonchev–Trinajstić information content (AvgIpc) is 2.30. The van der Waals surface area contributed by atoms with E-state index in [1.165, 1.54) is 11.1 Å². The fraction of sp³-hybridized carbons (Fsp3) is 0.143. The second-order valence-corrected chi connectivity index (χ2v) is 4.19. The van der Waals surface area contributed by atoms with E-state index in [1.54, 1.807) is 0 Å². The molecule has 3 heteroatoms. The fourth-order valence-corrected chi connectivity index (χ4v) is 1.93. The summed E-state index contributed by atoms with van der Waals surface area (Å²) >= 11 is 5.98. The molecule has 0 saturated heterocycles. The molecule has 2 aromatic carbocycles. The lowest BCUT2D eigenvalue weighted by molar-refractivity contribution is 0.969. The second kappa shape index (κ2) is 6.65. The van der Waals surface area contributed by atoms with Crippen LogP contribution in [0, 0.1) is 0 Å². The number of hydrogen-bond donors (Lipinski definition) is 1. The first-order valence-electron chi connectivity index (χ1n) is 5.34. The Morgan fingerprint density at radius 3 is 2.24 bits per heavy atom. The van der Waals surface area contributed by atoms with Gasteiger partial charge in [0.25, 0.3) is 0 Å². The molecule has 0 aliphatic heterocycles. The van der Waals surface area contributed by atoms with E-state index in [-0.39, 0.29) is 12.4 Å². The molecule has 2 aromatic rings. The lowest BCUT2D eigenvalue weighted by Gasteiger charge is -2.05. The Kier molecular flexibility index (Phi) is 5.49. The van der Waals surface area contributed by atoms with Crippen LogP contribution in [0.5, 0.6) is 0 Å². The molecule has 90 valence electrons. The Morgan fingerprint density at radius 1 is 0.941 bits per heavy atom. The van der Waals surface area contributed by atoms with Gasteiger partial charge in [0.2, 0.25) is 0 Å². The molecule has 1 nitrogen and oxygen atoms in total. The van der Waals surface area contributed by atoms with Crippen molar-refractivity contribution in [1.29, 1.82) is 0 Å². The zero-order chi connectivity index (χ0) is 11.4. The predicted molar refractivity (Wildman–Crippen MR) is 76.9 cm³/mol. The largest absolute Gasteiger partial charge is 0.330 e. The number of halogens is 2. The molecule has 0 bridgehead atoms. The Labute approximate surface area is 113 Å². The smallest absolute Gasteiger partial charge is 0.0412 e. The van der Waals surface area contributed by atoms with E-state index in [2.05, 4.69) is 30.3 Å². The Balaban J connectivity index is 0.00000144. The predicted octanol–water partition coefficient (Wildman–Crippen LogP) is 3.93. The SMILES string of the molecule is Cl.NCCc1cccc(-c2cccc(Cl)c2)c1. The fourth-order valence-electron chi connectivity index (χ4n) is 1.74. The maximum Gasteiger partial charge on any atom is 0.0412 e. The molecule has 0 saturated carbocycles. The van der Waals surface area contributed by atoms with Gasteiger partial charge in [-0.3, -0.25) is 0 Å². The average molecular weight is 268 g/mol. The molecule has 0 fully saturated rings. The maximum atomic E-state index is 5.98. The van der Waals surface area contributed by atoms with Gasteiger partial charge in [0, 0.05) is 5.02 Å². The molecule has 0 radical (unpaired) electrons. The van der Waals surface area contributed by atoms with E-state index in [1.807, 2.05) is 18.2 Å². The van der Waals surface area contributed by atoms with Crippen LogP contribution in [-0.2, 0) is 6.42 Å². The summed E-state index contributed by atoms with van der Waals surface area (Å²) in [4.78, 5) is 0. The van der Waals surface area contributed by atoms with Crippen LogP contribution in [0.3, 0.4) is 0 Å². The molecule has 0 heterocycles. The molecule has 0 spiro atoms. The van der Waals surface area contributed by atoms with E-state index in [4.69, 9.17) is 17.3 Å². The number of nitrogens with two attached hydrogens (primary N) is 1. The van der Waals surface area contributed by atoms with Crippen LogP contribution < -0.4 is 5.73 Å². The molecule has 0 unspecified atom stereocenters. The normalized spacial score (nSPS) is 9.76. The van der Waals surface area contributed by atoms with Crippen LogP contribution in [0.25, 0.3) is 11.1 Å². The summed E-state index contributed by atoms with van der Waals surface area (Å²) in [7, 11) is 0. The zero-order valence-corrected chi connectivity index (χ0v) is 11.0. The van der Waals surface area contributed by atoms with Crippen molar-refractivity contribution in [2.75, 3.05) is 6.54 Å². The third kappa shape index (κ3) is 3.74. The van der Waals surface area contributed by atoms with Crippen molar-refractivity contribution in [2.24, 2.45) is 5.73 Å². The van der Waals surface area contributed by atoms with Crippen LogP contribution in [0.1, 0.15) is 5.56 Å². The standard InChI is InChI=1S/C14H14ClN.ClH/c15-14-6-2-5-13(10-14)12-4-1-3-11(9-12)7-8-16;/h1-6,9-10H,7-8,16H2;1H. The van der Waals surface area contributed by atoms with E-state index in [0.717, 1.165) is 17.0 Å². The number of benzene rings is 2. The van der Waals surface area contributed by atoms with Crippen LogP contribution in [-0.4, -0.2) is 6.54 Å². The first kappa shape index (κ1) is 14.0. The molecule has 17 heavy (non-hydrogen) atoms. The minimum atomic E-state index is 0. The van der Waals surface area contributed by atoms with Gasteiger partial charge in [0.15, 0.2) is 0 Å². The maximum absolute atomic E-state index is 5.98. The van der Waals surface area contributed by atoms with E-state index >= 15 is 0 Å². The van der Waals surface area contributed by atoms with Crippen LogP contribution in [0.4, 0.5) is 0 Å². The highest BCUT2D eigenvalue weighted by Crippen LogP contribution is 2.23. The molecule has 0 aliphatic rings. The molecule has 2 N–H and O–H groups in total. The van der Waals surface area contributed by atoms with Crippen LogP contribution in [0.2, 0.25) is 5.02 Å². The summed E-state index contributed by atoms with van der Waals surface area (Å²) in [6.45, 7) is 0.680. The summed E-state index contributed by atoms with van der Waals surface area (Å²) in [6.07, 6.45) is 0.911. The number of hydrogen-bond acceptors (Lipinski definition) is 1. The lowest BCUT2D eigenvalue weighted by atomic mass is 10.0. The van der Waals surface area contributed by atoms with Crippen LogP contribution in [0.15, 0.2) is 48.5 Å². The van der Waals surface area contributed by atoms with Gasteiger partial charge in [-0.2, -0.15) is 0 Å². The minimum absolute atomic E-state index is 0. The summed E-state index contributed by atoms with van der Waals surface area (Å²) in [5.41, 5.74) is 9.15. The van der Waals surface area contributed by atoms with E-state index in [9.17, 15) is 0 Å². The Hall–Kier alpha value is -1.02. The first-order chi connectivity index (χ1) is 7.79.